The Balaban J connectivity index is 2.86. The summed E-state index contributed by atoms with van der Waals surface area (Å²) in [5, 5.41) is 0. The number of carbonyl (C=O) groups excluding carboxylic acids is 3. The average molecular weight is 336 g/mol. The van der Waals surface area contributed by atoms with Crippen LogP contribution in [0.5, 0.6) is 23.0 Å². The topological polar surface area (TPSA) is 97.4 Å². The minimum Gasteiger partial charge on any atom is -0.492 e. The number of hydrogen-bond donors (Lipinski definition) is 0. The number of rotatable bonds is 5. The lowest BCUT2D eigenvalue weighted by atomic mass is 9.90. The van der Waals surface area contributed by atoms with Crippen LogP contribution >= 0.6 is 0 Å². The highest BCUT2D eigenvalue weighted by Gasteiger charge is 2.38. The number of esters is 1. The van der Waals surface area contributed by atoms with Crippen LogP contribution in [0, 0.1) is 0 Å². The van der Waals surface area contributed by atoms with Crippen molar-refractivity contribution in [3.63, 3.8) is 0 Å². The molecule has 0 unspecified atom stereocenters. The van der Waals surface area contributed by atoms with Gasteiger partial charge >= 0.3 is 5.97 Å². The molecule has 1 aromatic carbocycles. The fourth-order valence-electron chi connectivity index (χ4n) is 2.48. The van der Waals surface area contributed by atoms with Crippen LogP contribution in [0.4, 0.5) is 0 Å². The molecule has 0 N–H and O–H groups in total. The molecule has 128 valence electrons. The lowest BCUT2D eigenvalue weighted by Gasteiger charge is -2.23. The van der Waals surface area contributed by atoms with Crippen molar-refractivity contribution in [2.45, 2.75) is 6.92 Å². The zero-order valence-electron chi connectivity index (χ0n) is 13.8. The molecule has 0 fully saturated rings. The summed E-state index contributed by atoms with van der Waals surface area (Å²) in [6.07, 6.45) is 0.930. The second-order valence-electron chi connectivity index (χ2n) is 4.68. The van der Waals surface area contributed by atoms with Crippen LogP contribution < -0.4 is 18.9 Å². The van der Waals surface area contributed by atoms with Crippen LogP contribution in [0.15, 0.2) is 11.8 Å². The molecule has 0 heterocycles. The SMILES string of the molecule is COc1c(OC)c(OC)c2c(c1OC)C(=O)C=C(OC(C)=O)C2=O. The number of benzene rings is 1. The number of ether oxygens (including phenoxy) is 5. The van der Waals surface area contributed by atoms with E-state index < -0.39 is 23.3 Å². The summed E-state index contributed by atoms with van der Waals surface area (Å²) < 4.78 is 25.8. The van der Waals surface area contributed by atoms with E-state index in [9.17, 15) is 14.4 Å². The predicted molar refractivity (Wildman–Crippen MR) is 81.2 cm³/mol. The molecule has 0 bridgehead atoms. The Kier molecular flexibility index (Phi) is 4.77. The van der Waals surface area contributed by atoms with Crippen LogP contribution in [0.2, 0.25) is 0 Å². The van der Waals surface area contributed by atoms with Gasteiger partial charge in [0.05, 0.1) is 39.6 Å². The van der Waals surface area contributed by atoms with Gasteiger partial charge in [0.25, 0.3) is 0 Å². The molecule has 0 aliphatic heterocycles. The summed E-state index contributed by atoms with van der Waals surface area (Å²) in [6, 6.07) is 0. The maximum atomic E-state index is 12.7. The van der Waals surface area contributed by atoms with Gasteiger partial charge in [-0.25, -0.2) is 0 Å². The molecule has 0 atom stereocenters. The van der Waals surface area contributed by atoms with Gasteiger partial charge < -0.3 is 23.7 Å². The van der Waals surface area contributed by atoms with Crippen LogP contribution in [0.1, 0.15) is 27.6 Å². The van der Waals surface area contributed by atoms with Gasteiger partial charge in [0, 0.05) is 13.0 Å². The second-order valence-corrected chi connectivity index (χ2v) is 4.68. The molecule has 8 heteroatoms. The molecule has 1 aliphatic carbocycles. The van der Waals surface area contributed by atoms with Crippen molar-refractivity contribution in [2.24, 2.45) is 0 Å². The van der Waals surface area contributed by atoms with Crippen LogP contribution in [0.25, 0.3) is 0 Å². The predicted octanol–water partition coefficient (Wildman–Crippen LogP) is 1.55. The maximum absolute atomic E-state index is 12.7. The van der Waals surface area contributed by atoms with Gasteiger partial charge in [0.2, 0.25) is 17.3 Å². The minimum atomic E-state index is -0.725. The van der Waals surface area contributed by atoms with E-state index >= 15 is 0 Å². The largest absolute Gasteiger partial charge is 0.492 e. The number of allylic oxidation sites excluding steroid dienone is 2. The van der Waals surface area contributed by atoms with Crippen molar-refractivity contribution >= 4 is 17.5 Å². The first-order chi connectivity index (χ1) is 11.4. The van der Waals surface area contributed by atoms with Gasteiger partial charge in [-0.2, -0.15) is 0 Å². The number of ketones is 2. The lowest BCUT2D eigenvalue weighted by molar-refractivity contribution is -0.136. The van der Waals surface area contributed by atoms with Gasteiger partial charge in [-0.1, -0.05) is 0 Å². The molecule has 2 rings (SSSR count). The van der Waals surface area contributed by atoms with Crippen LogP contribution in [0.3, 0.4) is 0 Å². The highest BCUT2D eigenvalue weighted by atomic mass is 16.6. The second kappa shape index (κ2) is 6.61. The molecule has 0 saturated heterocycles. The van der Waals surface area contributed by atoms with E-state index in [1.165, 1.54) is 28.4 Å². The fraction of sp³-hybridized carbons (Fsp3) is 0.312. The van der Waals surface area contributed by atoms with Crippen molar-refractivity contribution in [3.05, 3.63) is 23.0 Å². The van der Waals surface area contributed by atoms with E-state index in [-0.39, 0.29) is 34.1 Å². The Morgan fingerprint density at radius 2 is 1.25 bits per heavy atom. The van der Waals surface area contributed by atoms with E-state index in [1.54, 1.807) is 0 Å². The normalized spacial score (nSPS) is 13.0. The van der Waals surface area contributed by atoms with E-state index in [0.29, 0.717) is 0 Å². The monoisotopic (exact) mass is 336 g/mol. The van der Waals surface area contributed by atoms with Gasteiger partial charge in [-0.3, -0.25) is 14.4 Å². The van der Waals surface area contributed by atoms with Gasteiger partial charge in [-0.05, 0) is 0 Å². The summed E-state index contributed by atoms with van der Waals surface area (Å²) in [7, 11) is 5.35. The van der Waals surface area contributed by atoms with Crippen molar-refractivity contribution in [1.82, 2.24) is 0 Å². The van der Waals surface area contributed by atoms with Crippen molar-refractivity contribution in [2.75, 3.05) is 28.4 Å². The van der Waals surface area contributed by atoms with Crippen LogP contribution in [-0.2, 0) is 9.53 Å². The molecule has 24 heavy (non-hydrogen) atoms. The van der Waals surface area contributed by atoms with Gasteiger partial charge in [-0.15, -0.1) is 0 Å². The summed E-state index contributed by atoms with van der Waals surface area (Å²) in [6.45, 7) is 1.13. The standard InChI is InChI=1S/C16H16O8/c1-7(17)24-9-6-8(18)10-11(12(9)19)14(21-3)16(23-5)15(22-4)13(10)20-2/h6H,1-5H3. The third-order valence-electron chi connectivity index (χ3n) is 3.35. The molecule has 0 amide bonds. The molecule has 0 radical (unpaired) electrons. The first-order valence-electron chi connectivity index (χ1n) is 6.80. The Hall–Kier alpha value is -3.03. The first kappa shape index (κ1) is 17.3. The molecule has 1 aliphatic rings. The number of methoxy groups -OCH3 is 4. The quantitative estimate of drug-likeness (QED) is 0.747. The van der Waals surface area contributed by atoms with Gasteiger partial charge in [0.15, 0.2) is 23.0 Å². The number of fused-ring (bicyclic) bond motifs is 1. The Morgan fingerprint density at radius 3 is 1.67 bits per heavy atom. The molecule has 0 saturated carbocycles. The highest BCUT2D eigenvalue weighted by Crippen LogP contribution is 2.51. The third-order valence-corrected chi connectivity index (χ3v) is 3.35. The Morgan fingerprint density at radius 1 is 0.792 bits per heavy atom. The first-order valence-corrected chi connectivity index (χ1v) is 6.80. The molecule has 8 nitrogen and oxygen atoms in total. The van der Waals surface area contributed by atoms with E-state index in [2.05, 4.69) is 0 Å². The Bertz CT molecular complexity index is 760. The minimum absolute atomic E-state index is 0.0127. The number of carbonyl (C=O) groups is 3. The fourth-order valence-corrected chi connectivity index (χ4v) is 2.48. The maximum Gasteiger partial charge on any atom is 0.308 e. The molecular weight excluding hydrogens is 320 g/mol. The van der Waals surface area contributed by atoms with Crippen molar-refractivity contribution < 1.29 is 38.1 Å². The highest BCUT2D eigenvalue weighted by molar-refractivity contribution is 6.27. The summed E-state index contributed by atoms with van der Waals surface area (Å²) >= 11 is 0. The van der Waals surface area contributed by atoms with E-state index in [1.807, 2.05) is 0 Å². The zero-order chi connectivity index (χ0) is 18.0. The van der Waals surface area contributed by atoms with E-state index in [4.69, 9.17) is 23.7 Å². The zero-order valence-corrected chi connectivity index (χ0v) is 13.8. The molecular formula is C16H16O8. The van der Waals surface area contributed by atoms with E-state index in [0.717, 1.165) is 13.0 Å². The third kappa shape index (κ3) is 2.55. The molecule has 0 spiro atoms. The molecule has 0 aromatic heterocycles. The summed E-state index contributed by atoms with van der Waals surface area (Å²) in [5.41, 5.74) is -0.163. The van der Waals surface area contributed by atoms with Crippen molar-refractivity contribution in [1.29, 1.82) is 0 Å². The van der Waals surface area contributed by atoms with Crippen LogP contribution in [-0.4, -0.2) is 46.0 Å². The average Bonchev–Trinajstić information content (AvgIpc) is 2.55. The lowest BCUT2D eigenvalue weighted by Crippen LogP contribution is -2.22. The Labute approximate surface area is 137 Å². The smallest absolute Gasteiger partial charge is 0.308 e. The molecule has 1 aromatic rings. The summed E-state index contributed by atoms with van der Waals surface area (Å²) in [5.74, 6) is -2.19. The van der Waals surface area contributed by atoms with Gasteiger partial charge in [0.1, 0.15) is 0 Å². The number of hydrogen-bond acceptors (Lipinski definition) is 8. The van der Waals surface area contributed by atoms with Crippen molar-refractivity contribution in [3.8, 4) is 23.0 Å². The number of Topliss-reactive ketones (excluding diaryl/α,β-unsaturated/α-hetero) is 1. The summed E-state index contributed by atoms with van der Waals surface area (Å²) in [4.78, 5) is 36.3.